The quantitative estimate of drug-likeness (QED) is 0.828. The van der Waals surface area contributed by atoms with Crippen LogP contribution in [0.25, 0.3) is 0 Å². The summed E-state index contributed by atoms with van der Waals surface area (Å²) in [5.74, 6) is 0.966. The number of carbonyl (C=O) groups is 2. The lowest BCUT2D eigenvalue weighted by atomic mass is 9.94. The average molecular weight is 330 g/mol. The highest BCUT2D eigenvalue weighted by Gasteiger charge is 2.35. The van der Waals surface area contributed by atoms with Gasteiger partial charge >= 0.3 is 6.09 Å². The summed E-state index contributed by atoms with van der Waals surface area (Å²) in [6.07, 6.45) is 2.18. The summed E-state index contributed by atoms with van der Waals surface area (Å²) >= 11 is 0. The second kappa shape index (κ2) is 6.34. The Balaban J connectivity index is 1.34. The van der Waals surface area contributed by atoms with Crippen LogP contribution in [0.4, 0.5) is 4.79 Å². The van der Waals surface area contributed by atoms with E-state index < -0.39 is 0 Å². The van der Waals surface area contributed by atoms with E-state index in [1.165, 1.54) is 0 Å². The van der Waals surface area contributed by atoms with Gasteiger partial charge in [-0.3, -0.25) is 4.79 Å². The summed E-state index contributed by atoms with van der Waals surface area (Å²) in [4.78, 5) is 28.2. The molecule has 24 heavy (non-hydrogen) atoms. The van der Waals surface area contributed by atoms with Gasteiger partial charge in [-0.05, 0) is 30.9 Å². The highest BCUT2D eigenvalue weighted by atomic mass is 16.6. The van der Waals surface area contributed by atoms with Gasteiger partial charge in [-0.2, -0.15) is 0 Å². The minimum absolute atomic E-state index is 0.104. The number of cyclic esters (lactones) is 1. The van der Waals surface area contributed by atoms with Gasteiger partial charge in [0.2, 0.25) is 5.91 Å². The highest BCUT2D eigenvalue weighted by molar-refractivity contribution is 5.80. The van der Waals surface area contributed by atoms with Crippen molar-refractivity contribution in [3.8, 4) is 5.75 Å². The number of likely N-dealkylation sites (tertiary alicyclic amines) is 1. The Hall–Kier alpha value is -2.24. The third-order valence-corrected chi connectivity index (χ3v) is 5.24. The summed E-state index contributed by atoms with van der Waals surface area (Å²) in [6.45, 7) is 3.01. The summed E-state index contributed by atoms with van der Waals surface area (Å²) in [5, 5.41) is 0. The standard InChI is InChI=1S/C18H22N2O4/c21-17(14-11-13-3-1-2-4-16(13)24-12-14)19-7-5-15(6-8-19)20-9-10-23-18(20)22/h1-4,14-15H,5-12H2/t14-/m1/s1. The molecule has 128 valence electrons. The molecule has 4 rings (SSSR count). The number of nitrogens with zero attached hydrogens (tertiary/aromatic N) is 2. The zero-order chi connectivity index (χ0) is 16.5. The normalized spacial score (nSPS) is 24.3. The summed E-state index contributed by atoms with van der Waals surface area (Å²) < 4.78 is 10.8. The Morgan fingerprint density at radius 3 is 2.62 bits per heavy atom. The molecule has 0 N–H and O–H groups in total. The van der Waals surface area contributed by atoms with Crippen LogP contribution in [0.3, 0.4) is 0 Å². The van der Waals surface area contributed by atoms with Crippen molar-refractivity contribution in [1.29, 1.82) is 0 Å². The fourth-order valence-electron chi connectivity index (χ4n) is 3.88. The number of benzene rings is 1. The van der Waals surface area contributed by atoms with Gasteiger partial charge in [0.1, 0.15) is 19.0 Å². The lowest BCUT2D eigenvalue weighted by molar-refractivity contribution is -0.138. The van der Waals surface area contributed by atoms with E-state index in [9.17, 15) is 9.59 Å². The maximum Gasteiger partial charge on any atom is 0.410 e. The third kappa shape index (κ3) is 2.81. The summed E-state index contributed by atoms with van der Waals surface area (Å²) in [5.41, 5.74) is 1.11. The summed E-state index contributed by atoms with van der Waals surface area (Å²) in [7, 11) is 0. The fourth-order valence-corrected chi connectivity index (χ4v) is 3.88. The van der Waals surface area contributed by atoms with Gasteiger partial charge in [-0.1, -0.05) is 18.2 Å². The predicted molar refractivity (Wildman–Crippen MR) is 86.8 cm³/mol. The van der Waals surface area contributed by atoms with Crippen LogP contribution >= 0.6 is 0 Å². The van der Waals surface area contributed by atoms with Crippen molar-refractivity contribution in [1.82, 2.24) is 9.80 Å². The fraction of sp³-hybridized carbons (Fsp3) is 0.556. The first-order valence-corrected chi connectivity index (χ1v) is 8.65. The molecule has 0 unspecified atom stereocenters. The minimum Gasteiger partial charge on any atom is -0.492 e. The topological polar surface area (TPSA) is 59.1 Å². The molecule has 2 fully saturated rings. The minimum atomic E-state index is -0.211. The van der Waals surface area contributed by atoms with Crippen molar-refractivity contribution < 1.29 is 19.1 Å². The molecular weight excluding hydrogens is 308 g/mol. The molecule has 1 aromatic rings. The van der Waals surface area contributed by atoms with Crippen molar-refractivity contribution in [2.75, 3.05) is 32.8 Å². The molecule has 0 spiro atoms. The van der Waals surface area contributed by atoms with Crippen LogP contribution in [0.2, 0.25) is 0 Å². The molecule has 2 saturated heterocycles. The first-order valence-electron chi connectivity index (χ1n) is 8.65. The lowest BCUT2D eigenvalue weighted by Crippen LogP contribution is -2.49. The second-order valence-corrected chi connectivity index (χ2v) is 6.68. The highest BCUT2D eigenvalue weighted by Crippen LogP contribution is 2.29. The lowest BCUT2D eigenvalue weighted by Gasteiger charge is -2.37. The van der Waals surface area contributed by atoms with E-state index in [0.29, 0.717) is 32.8 Å². The van der Waals surface area contributed by atoms with Crippen LogP contribution in [0.5, 0.6) is 5.75 Å². The van der Waals surface area contributed by atoms with Crippen molar-refractivity contribution in [2.45, 2.75) is 25.3 Å². The first-order chi connectivity index (χ1) is 11.7. The Bertz CT molecular complexity index is 640. The molecule has 1 atom stereocenters. The number of fused-ring (bicyclic) bond motifs is 1. The van der Waals surface area contributed by atoms with Gasteiger partial charge in [-0.25, -0.2) is 4.79 Å². The van der Waals surface area contributed by atoms with Crippen LogP contribution in [0, 0.1) is 5.92 Å². The monoisotopic (exact) mass is 330 g/mol. The van der Waals surface area contributed by atoms with Crippen LogP contribution in [-0.2, 0) is 16.0 Å². The van der Waals surface area contributed by atoms with Crippen molar-refractivity contribution in [3.05, 3.63) is 29.8 Å². The van der Waals surface area contributed by atoms with Gasteiger partial charge in [0.15, 0.2) is 0 Å². The van der Waals surface area contributed by atoms with E-state index >= 15 is 0 Å². The molecule has 0 radical (unpaired) electrons. The van der Waals surface area contributed by atoms with E-state index in [4.69, 9.17) is 9.47 Å². The Morgan fingerprint density at radius 1 is 1.08 bits per heavy atom. The van der Waals surface area contributed by atoms with E-state index in [2.05, 4.69) is 0 Å². The van der Waals surface area contributed by atoms with Crippen LogP contribution in [0.1, 0.15) is 18.4 Å². The molecule has 0 aliphatic carbocycles. The zero-order valence-electron chi connectivity index (χ0n) is 13.6. The number of hydrogen-bond acceptors (Lipinski definition) is 4. The molecule has 6 heteroatoms. The second-order valence-electron chi connectivity index (χ2n) is 6.68. The Morgan fingerprint density at radius 2 is 1.88 bits per heavy atom. The molecule has 2 amide bonds. The molecule has 1 aromatic carbocycles. The first kappa shape index (κ1) is 15.3. The van der Waals surface area contributed by atoms with Crippen molar-refractivity contribution in [2.24, 2.45) is 5.92 Å². The van der Waals surface area contributed by atoms with Crippen molar-refractivity contribution >= 4 is 12.0 Å². The van der Waals surface area contributed by atoms with E-state index in [1.54, 1.807) is 0 Å². The van der Waals surface area contributed by atoms with Crippen LogP contribution in [-0.4, -0.2) is 60.7 Å². The van der Waals surface area contributed by atoms with Gasteiger partial charge < -0.3 is 19.3 Å². The molecule has 3 heterocycles. The van der Waals surface area contributed by atoms with Crippen LogP contribution < -0.4 is 4.74 Å². The SMILES string of the molecule is O=C([C@H]1COc2ccccc2C1)N1CCC(N2CCOC2=O)CC1. The zero-order valence-corrected chi connectivity index (χ0v) is 13.6. The number of ether oxygens (including phenoxy) is 2. The maximum atomic E-state index is 12.8. The number of amides is 2. The molecular formula is C18H22N2O4. The third-order valence-electron chi connectivity index (χ3n) is 5.24. The number of rotatable bonds is 2. The predicted octanol–water partition coefficient (Wildman–Crippen LogP) is 1.68. The Labute approximate surface area is 141 Å². The van der Waals surface area contributed by atoms with Gasteiger partial charge in [0.25, 0.3) is 0 Å². The van der Waals surface area contributed by atoms with Crippen molar-refractivity contribution in [3.63, 3.8) is 0 Å². The molecule has 0 aromatic heterocycles. The number of carbonyl (C=O) groups excluding carboxylic acids is 2. The molecule has 0 bridgehead atoms. The number of piperidine rings is 1. The largest absolute Gasteiger partial charge is 0.492 e. The van der Waals surface area contributed by atoms with E-state index in [0.717, 1.165) is 30.6 Å². The smallest absolute Gasteiger partial charge is 0.410 e. The molecule has 3 aliphatic rings. The van der Waals surface area contributed by atoms with Gasteiger partial charge in [-0.15, -0.1) is 0 Å². The molecule has 0 saturated carbocycles. The summed E-state index contributed by atoms with van der Waals surface area (Å²) in [6, 6.07) is 8.12. The maximum absolute atomic E-state index is 12.8. The number of para-hydroxylation sites is 1. The molecule has 6 nitrogen and oxygen atoms in total. The van der Waals surface area contributed by atoms with Crippen LogP contribution in [0.15, 0.2) is 24.3 Å². The Kier molecular flexibility index (Phi) is 4.04. The average Bonchev–Trinajstić information content (AvgIpc) is 3.07. The van der Waals surface area contributed by atoms with E-state index in [-0.39, 0.29) is 24.0 Å². The van der Waals surface area contributed by atoms with Gasteiger partial charge in [0.05, 0.1) is 12.5 Å². The van der Waals surface area contributed by atoms with Gasteiger partial charge in [0, 0.05) is 19.1 Å². The van der Waals surface area contributed by atoms with E-state index in [1.807, 2.05) is 34.1 Å². The number of hydrogen-bond donors (Lipinski definition) is 0. The molecule has 3 aliphatic heterocycles.